The Bertz CT molecular complexity index is 2910. The summed E-state index contributed by atoms with van der Waals surface area (Å²) < 4.78 is 0. The van der Waals surface area contributed by atoms with Gasteiger partial charge in [0.1, 0.15) is 0 Å². The standard InChI is InChI=1S/C55H40N2/c1-55(2)51-35-44(33-34-48(51)54-49-24-14-23-47-45-21-12-13-22-46(45)50(53(47)49)36-52(54)55)57(41-27-25-38(26-28-41)37-15-6-3-7-16-37)43-31-29-42(30-32-43)56(39-17-8-4-9-18-39)40-19-10-5-11-20-40/h3-36H,1-2H3. The summed E-state index contributed by atoms with van der Waals surface area (Å²) in [6.45, 7) is 4.81. The lowest BCUT2D eigenvalue weighted by molar-refractivity contribution is 0.661. The quantitative estimate of drug-likeness (QED) is 0.161. The van der Waals surface area contributed by atoms with Crippen molar-refractivity contribution in [3.63, 3.8) is 0 Å². The topological polar surface area (TPSA) is 6.48 Å². The van der Waals surface area contributed by atoms with E-state index in [1.807, 2.05) is 0 Å². The van der Waals surface area contributed by atoms with Gasteiger partial charge >= 0.3 is 0 Å². The largest absolute Gasteiger partial charge is 0.311 e. The van der Waals surface area contributed by atoms with E-state index in [9.17, 15) is 0 Å². The van der Waals surface area contributed by atoms with Crippen molar-refractivity contribution in [1.82, 2.24) is 0 Å². The number of nitrogens with zero attached hydrogens (tertiary/aromatic N) is 2. The van der Waals surface area contributed by atoms with Crippen molar-refractivity contribution in [3.05, 3.63) is 217 Å². The van der Waals surface area contributed by atoms with Crippen LogP contribution in [0.2, 0.25) is 0 Å². The second-order valence-electron chi connectivity index (χ2n) is 15.7. The van der Waals surface area contributed by atoms with Gasteiger partial charge in [-0.25, -0.2) is 0 Å². The smallest absolute Gasteiger partial charge is 0.0465 e. The minimum absolute atomic E-state index is 0.197. The van der Waals surface area contributed by atoms with Gasteiger partial charge < -0.3 is 9.80 Å². The molecule has 0 N–H and O–H groups in total. The van der Waals surface area contributed by atoms with Gasteiger partial charge in [0.25, 0.3) is 0 Å². The van der Waals surface area contributed by atoms with Crippen molar-refractivity contribution in [3.8, 4) is 44.5 Å². The number of hydrogen-bond acceptors (Lipinski definition) is 2. The first-order valence-electron chi connectivity index (χ1n) is 19.9. The first-order valence-corrected chi connectivity index (χ1v) is 19.9. The highest BCUT2D eigenvalue weighted by atomic mass is 15.2. The van der Waals surface area contributed by atoms with E-state index in [4.69, 9.17) is 0 Å². The number of para-hydroxylation sites is 2. The Morgan fingerprint density at radius 2 is 0.772 bits per heavy atom. The highest BCUT2D eigenvalue weighted by Gasteiger charge is 2.39. The summed E-state index contributed by atoms with van der Waals surface area (Å²) in [5.41, 5.74) is 19.8. The third-order valence-corrected chi connectivity index (χ3v) is 12.2. The molecule has 57 heavy (non-hydrogen) atoms. The normalized spacial score (nSPS) is 12.9. The number of hydrogen-bond donors (Lipinski definition) is 0. The Kier molecular flexibility index (Phi) is 7.55. The van der Waals surface area contributed by atoms with Crippen molar-refractivity contribution in [2.75, 3.05) is 9.80 Å². The third kappa shape index (κ3) is 5.25. The molecule has 0 spiro atoms. The summed E-state index contributed by atoms with van der Waals surface area (Å²) >= 11 is 0. The predicted octanol–water partition coefficient (Wildman–Crippen LogP) is 15.4. The second-order valence-corrected chi connectivity index (χ2v) is 15.7. The summed E-state index contributed by atoms with van der Waals surface area (Å²) in [7, 11) is 0. The van der Waals surface area contributed by atoms with Crippen LogP contribution in [-0.2, 0) is 5.41 Å². The molecule has 0 fully saturated rings. The predicted molar refractivity (Wildman–Crippen MR) is 241 cm³/mol. The summed E-state index contributed by atoms with van der Waals surface area (Å²) in [5.74, 6) is 0. The zero-order valence-electron chi connectivity index (χ0n) is 32.0. The van der Waals surface area contributed by atoms with Gasteiger partial charge in [0.2, 0.25) is 0 Å². The van der Waals surface area contributed by atoms with Crippen LogP contribution in [-0.4, -0.2) is 0 Å². The van der Waals surface area contributed by atoms with E-state index in [1.54, 1.807) is 0 Å². The van der Waals surface area contributed by atoms with Crippen LogP contribution < -0.4 is 9.80 Å². The Labute approximate surface area is 334 Å². The van der Waals surface area contributed by atoms with Crippen LogP contribution in [0.15, 0.2) is 206 Å². The highest BCUT2D eigenvalue weighted by Crippen LogP contribution is 2.58. The fourth-order valence-electron chi connectivity index (χ4n) is 9.44. The fourth-order valence-corrected chi connectivity index (χ4v) is 9.44. The first kappa shape index (κ1) is 33.2. The molecule has 0 aliphatic heterocycles. The molecule has 2 heteroatoms. The second kappa shape index (κ2) is 13.0. The van der Waals surface area contributed by atoms with Gasteiger partial charge in [-0.1, -0.05) is 141 Å². The van der Waals surface area contributed by atoms with Gasteiger partial charge in [-0.2, -0.15) is 0 Å². The molecule has 9 aromatic rings. The molecule has 11 rings (SSSR count). The molecular weight excluding hydrogens is 689 g/mol. The van der Waals surface area contributed by atoms with E-state index in [0.29, 0.717) is 0 Å². The van der Waals surface area contributed by atoms with Crippen LogP contribution in [0.4, 0.5) is 34.1 Å². The zero-order valence-corrected chi connectivity index (χ0v) is 32.0. The van der Waals surface area contributed by atoms with E-state index >= 15 is 0 Å². The van der Waals surface area contributed by atoms with Gasteiger partial charge in [0.15, 0.2) is 0 Å². The van der Waals surface area contributed by atoms with Gasteiger partial charge in [-0.15, -0.1) is 0 Å². The first-order chi connectivity index (χ1) is 28.0. The molecule has 0 amide bonds. The lowest BCUT2D eigenvalue weighted by Crippen LogP contribution is -2.17. The van der Waals surface area contributed by atoms with E-state index in [0.717, 1.165) is 34.1 Å². The van der Waals surface area contributed by atoms with Crippen molar-refractivity contribution in [2.45, 2.75) is 19.3 Å². The molecule has 0 atom stereocenters. The number of fused-ring (bicyclic) bond motifs is 7. The van der Waals surface area contributed by atoms with Crippen molar-refractivity contribution >= 4 is 44.9 Å². The molecule has 0 radical (unpaired) electrons. The monoisotopic (exact) mass is 728 g/mol. The molecule has 0 unspecified atom stereocenters. The van der Waals surface area contributed by atoms with Crippen LogP contribution in [0, 0.1) is 0 Å². The highest BCUT2D eigenvalue weighted by molar-refractivity contribution is 6.20. The summed E-state index contributed by atoms with van der Waals surface area (Å²) in [5, 5.41) is 2.73. The van der Waals surface area contributed by atoms with E-state index in [-0.39, 0.29) is 5.41 Å². The molecule has 0 aromatic heterocycles. The minimum atomic E-state index is -0.197. The lowest BCUT2D eigenvalue weighted by Gasteiger charge is -2.29. The molecule has 0 saturated carbocycles. The van der Waals surface area contributed by atoms with Crippen molar-refractivity contribution < 1.29 is 0 Å². The number of rotatable bonds is 7. The summed E-state index contributed by atoms with van der Waals surface area (Å²) in [6, 6.07) is 75.2. The van der Waals surface area contributed by atoms with Gasteiger partial charge in [0, 0.05) is 39.5 Å². The molecule has 2 aliphatic rings. The van der Waals surface area contributed by atoms with Gasteiger partial charge in [0.05, 0.1) is 0 Å². The minimum Gasteiger partial charge on any atom is -0.311 e. The molecule has 2 aliphatic carbocycles. The fraction of sp³-hybridized carbons (Fsp3) is 0.0545. The molecule has 2 nitrogen and oxygen atoms in total. The van der Waals surface area contributed by atoms with E-state index in [2.05, 4.69) is 230 Å². The maximum Gasteiger partial charge on any atom is 0.0465 e. The van der Waals surface area contributed by atoms with E-state index in [1.165, 1.54) is 66.4 Å². The summed E-state index contributed by atoms with van der Waals surface area (Å²) in [6.07, 6.45) is 0. The zero-order chi connectivity index (χ0) is 38.1. The van der Waals surface area contributed by atoms with Crippen molar-refractivity contribution in [2.24, 2.45) is 0 Å². The molecule has 270 valence electrons. The Hall–Kier alpha value is -7.16. The summed E-state index contributed by atoms with van der Waals surface area (Å²) in [4.78, 5) is 4.73. The SMILES string of the molecule is CC1(C)c2cc(N(c3ccc(-c4ccccc4)cc3)c3ccc(N(c4ccccc4)c4ccccc4)cc3)ccc2-c2c1cc1c3c(cccc23)-c2ccccc2-1. The Balaban J connectivity index is 1.05. The van der Waals surface area contributed by atoms with Gasteiger partial charge in [-0.3, -0.25) is 0 Å². The van der Waals surface area contributed by atoms with Crippen LogP contribution in [0.1, 0.15) is 25.0 Å². The molecule has 9 aromatic carbocycles. The Morgan fingerprint density at radius 3 is 1.39 bits per heavy atom. The maximum absolute atomic E-state index is 2.50. The van der Waals surface area contributed by atoms with E-state index < -0.39 is 0 Å². The van der Waals surface area contributed by atoms with Crippen LogP contribution in [0.5, 0.6) is 0 Å². The van der Waals surface area contributed by atoms with Crippen molar-refractivity contribution in [1.29, 1.82) is 0 Å². The molecule has 0 heterocycles. The average Bonchev–Trinajstić information content (AvgIpc) is 3.71. The van der Waals surface area contributed by atoms with Crippen LogP contribution >= 0.6 is 0 Å². The number of benzene rings is 9. The maximum atomic E-state index is 2.50. The third-order valence-electron chi connectivity index (χ3n) is 12.2. The van der Waals surface area contributed by atoms with Gasteiger partial charge in [-0.05, 0) is 145 Å². The lowest BCUT2D eigenvalue weighted by atomic mass is 9.81. The number of anilines is 6. The Morgan fingerprint density at radius 1 is 0.316 bits per heavy atom. The molecular formula is C55H40N2. The average molecular weight is 729 g/mol. The van der Waals surface area contributed by atoms with Crippen LogP contribution in [0.25, 0.3) is 55.3 Å². The molecule has 0 saturated heterocycles. The molecule has 0 bridgehead atoms. The van der Waals surface area contributed by atoms with Crippen LogP contribution in [0.3, 0.4) is 0 Å².